The van der Waals surface area contributed by atoms with E-state index in [9.17, 15) is 14.4 Å². The summed E-state index contributed by atoms with van der Waals surface area (Å²) in [5.74, 6) is -0.681. The van der Waals surface area contributed by atoms with E-state index >= 15 is 0 Å². The Labute approximate surface area is 132 Å². The lowest BCUT2D eigenvalue weighted by Gasteiger charge is -2.11. The van der Waals surface area contributed by atoms with Crippen molar-refractivity contribution in [2.45, 2.75) is 12.8 Å². The summed E-state index contributed by atoms with van der Waals surface area (Å²) in [5.41, 5.74) is 2.29. The average Bonchev–Trinajstić information content (AvgIpc) is 2.58. The number of para-hydroxylation sites is 1. The Kier molecular flexibility index (Phi) is 6.10. The van der Waals surface area contributed by atoms with E-state index in [0.29, 0.717) is 18.9 Å². The Morgan fingerprint density at radius 3 is 2.70 bits per heavy atom. The average molecular weight is 319 g/mol. The second-order valence-electron chi connectivity index (χ2n) is 4.68. The van der Waals surface area contributed by atoms with Gasteiger partial charge >= 0.3 is 5.97 Å². The molecule has 1 aliphatic heterocycles. The van der Waals surface area contributed by atoms with Gasteiger partial charge in [0.15, 0.2) is 6.61 Å². The lowest BCUT2D eigenvalue weighted by atomic mass is 10.2. The molecule has 0 saturated heterocycles. The molecule has 0 fully saturated rings. The van der Waals surface area contributed by atoms with Gasteiger partial charge in [0, 0.05) is 12.8 Å². The lowest BCUT2D eigenvalue weighted by molar-refractivity contribution is -0.142. The summed E-state index contributed by atoms with van der Waals surface area (Å²) in [6.45, 7) is 0.196. The Bertz CT molecular complexity index is 600. The molecule has 0 spiro atoms. The van der Waals surface area contributed by atoms with Crippen molar-refractivity contribution in [2.24, 2.45) is 5.10 Å². The van der Waals surface area contributed by atoms with Gasteiger partial charge in [0.05, 0.1) is 6.54 Å². The number of nitrogens with one attached hydrogen (secondary N) is 2. The van der Waals surface area contributed by atoms with Gasteiger partial charge in [-0.05, 0) is 12.1 Å². The largest absolute Gasteiger partial charge is 0.492 e. The van der Waals surface area contributed by atoms with Gasteiger partial charge in [0.1, 0.15) is 18.1 Å². The summed E-state index contributed by atoms with van der Waals surface area (Å²) in [6, 6.07) is 9.21. The first-order chi connectivity index (χ1) is 11.1. The van der Waals surface area contributed by atoms with Crippen molar-refractivity contribution in [3.05, 3.63) is 30.3 Å². The number of esters is 1. The highest BCUT2D eigenvalue weighted by Crippen LogP contribution is 2.07. The minimum absolute atomic E-state index is 0.102. The molecule has 0 unspecified atom stereocenters. The zero-order chi connectivity index (χ0) is 16.5. The third-order valence-electron chi connectivity index (χ3n) is 2.91. The molecule has 8 nitrogen and oxygen atoms in total. The van der Waals surface area contributed by atoms with Crippen molar-refractivity contribution in [3.63, 3.8) is 0 Å². The Morgan fingerprint density at radius 2 is 2.00 bits per heavy atom. The first kappa shape index (κ1) is 16.5. The Morgan fingerprint density at radius 1 is 1.22 bits per heavy atom. The molecule has 1 aromatic carbocycles. The molecular weight excluding hydrogens is 302 g/mol. The molecular formula is C15H17N3O5. The van der Waals surface area contributed by atoms with Gasteiger partial charge in [-0.3, -0.25) is 9.59 Å². The van der Waals surface area contributed by atoms with Crippen LogP contribution in [-0.2, 0) is 19.1 Å². The highest BCUT2D eigenvalue weighted by Gasteiger charge is 2.20. The van der Waals surface area contributed by atoms with Crippen molar-refractivity contribution in [2.75, 3.05) is 19.8 Å². The second-order valence-corrected chi connectivity index (χ2v) is 4.68. The quantitative estimate of drug-likeness (QED) is 0.543. The monoisotopic (exact) mass is 319 g/mol. The number of rotatable bonds is 7. The summed E-state index contributed by atoms with van der Waals surface area (Å²) in [7, 11) is 0. The van der Waals surface area contributed by atoms with Crippen LogP contribution in [0.5, 0.6) is 5.75 Å². The van der Waals surface area contributed by atoms with Gasteiger partial charge in [-0.15, -0.1) is 0 Å². The van der Waals surface area contributed by atoms with E-state index in [-0.39, 0.29) is 24.5 Å². The van der Waals surface area contributed by atoms with Gasteiger partial charge in [0.2, 0.25) is 5.91 Å². The molecule has 2 amide bonds. The standard InChI is InChI=1S/C15H17N3O5/c19-13-7-6-12(17-18-13)15(21)23-10-14(20)16-8-9-22-11-4-2-1-3-5-11/h1-5H,6-10H2,(H,16,20)(H,18,19). The number of hydrogen-bond acceptors (Lipinski definition) is 6. The number of hydrazone groups is 1. The summed E-state index contributed by atoms with van der Waals surface area (Å²) in [6.07, 6.45) is 0.383. The van der Waals surface area contributed by atoms with Crippen LogP contribution in [0.25, 0.3) is 0 Å². The summed E-state index contributed by atoms with van der Waals surface area (Å²) >= 11 is 0. The van der Waals surface area contributed by atoms with Crippen LogP contribution in [0.15, 0.2) is 35.4 Å². The molecule has 8 heteroatoms. The van der Waals surface area contributed by atoms with Crippen LogP contribution in [0.3, 0.4) is 0 Å². The molecule has 0 radical (unpaired) electrons. The van der Waals surface area contributed by atoms with Crippen LogP contribution in [0.4, 0.5) is 0 Å². The number of ether oxygens (including phenoxy) is 2. The van der Waals surface area contributed by atoms with Crippen LogP contribution < -0.4 is 15.5 Å². The maximum Gasteiger partial charge on any atom is 0.355 e. The van der Waals surface area contributed by atoms with E-state index < -0.39 is 18.5 Å². The maximum absolute atomic E-state index is 11.6. The van der Waals surface area contributed by atoms with Crippen LogP contribution in [0, 0.1) is 0 Å². The number of hydrogen-bond donors (Lipinski definition) is 2. The molecule has 1 heterocycles. The Hall–Kier alpha value is -2.90. The van der Waals surface area contributed by atoms with Crippen molar-refractivity contribution in [1.29, 1.82) is 0 Å². The molecule has 2 N–H and O–H groups in total. The maximum atomic E-state index is 11.6. The predicted octanol–water partition coefficient (Wildman–Crippen LogP) is -0.00920. The molecule has 0 aromatic heterocycles. The molecule has 122 valence electrons. The van der Waals surface area contributed by atoms with Crippen molar-refractivity contribution < 1.29 is 23.9 Å². The van der Waals surface area contributed by atoms with E-state index in [0.717, 1.165) is 0 Å². The van der Waals surface area contributed by atoms with E-state index in [4.69, 9.17) is 9.47 Å². The van der Waals surface area contributed by atoms with Crippen LogP contribution >= 0.6 is 0 Å². The lowest BCUT2D eigenvalue weighted by Crippen LogP contribution is -2.35. The highest BCUT2D eigenvalue weighted by molar-refractivity contribution is 6.37. The normalized spacial score (nSPS) is 13.6. The predicted molar refractivity (Wildman–Crippen MR) is 80.7 cm³/mol. The Balaban J connectivity index is 1.60. The van der Waals surface area contributed by atoms with E-state index in [1.807, 2.05) is 30.3 Å². The second kappa shape index (κ2) is 8.52. The SMILES string of the molecule is O=C(COC(=O)C1=NNC(=O)CC1)NCCOc1ccccc1. The zero-order valence-corrected chi connectivity index (χ0v) is 12.4. The summed E-state index contributed by atoms with van der Waals surface area (Å²) < 4.78 is 10.2. The number of nitrogens with zero attached hydrogens (tertiary/aromatic N) is 1. The van der Waals surface area contributed by atoms with Gasteiger partial charge in [-0.2, -0.15) is 5.10 Å². The fourth-order valence-corrected chi connectivity index (χ4v) is 1.76. The van der Waals surface area contributed by atoms with Crippen molar-refractivity contribution in [3.8, 4) is 5.75 Å². The number of carbonyl (C=O) groups excluding carboxylic acids is 3. The molecule has 0 saturated carbocycles. The third kappa shape index (κ3) is 5.77. The molecule has 1 aliphatic rings. The third-order valence-corrected chi connectivity index (χ3v) is 2.91. The topological polar surface area (TPSA) is 106 Å². The summed E-state index contributed by atoms with van der Waals surface area (Å²) in [4.78, 5) is 34.1. The van der Waals surface area contributed by atoms with Gasteiger partial charge in [-0.25, -0.2) is 10.2 Å². The molecule has 23 heavy (non-hydrogen) atoms. The first-order valence-corrected chi connectivity index (χ1v) is 7.12. The van der Waals surface area contributed by atoms with Crippen LogP contribution in [0.1, 0.15) is 12.8 Å². The summed E-state index contributed by atoms with van der Waals surface area (Å²) in [5, 5.41) is 6.16. The first-order valence-electron chi connectivity index (χ1n) is 7.12. The molecule has 0 atom stereocenters. The number of amides is 2. The minimum Gasteiger partial charge on any atom is -0.492 e. The van der Waals surface area contributed by atoms with Crippen molar-refractivity contribution >= 4 is 23.5 Å². The van der Waals surface area contributed by atoms with Crippen molar-refractivity contribution in [1.82, 2.24) is 10.7 Å². The van der Waals surface area contributed by atoms with Gasteiger partial charge in [0.25, 0.3) is 5.91 Å². The van der Waals surface area contributed by atoms with E-state index in [1.54, 1.807) is 0 Å². The minimum atomic E-state index is -0.708. The number of benzene rings is 1. The molecule has 0 bridgehead atoms. The molecule has 2 rings (SSSR count). The fraction of sp³-hybridized carbons (Fsp3) is 0.333. The number of carbonyl (C=O) groups is 3. The van der Waals surface area contributed by atoms with Crippen LogP contribution in [0.2, 0.25) is 0 Å². The van der Waals surface area contributed by atoms with Gasteiger partial charge < -0.3 is 14.8 Å². The fourth-order valence-electron chi connectivity index (χ4n) is 1.76. The smallest absolute Gasteiger partial charge is 0.355 e. The zero-order valence-electron chi connectivity index (χ0n) is 12.4. The van der Waals surface area contributed by atoms with Crippen LogP contribution in [-0.4, -0.2) is 43.3 Å². The van der Waals surface area contributed by atoms with E-state index in [2.05, 4.69) is 15.8 Å². The molecule has 1 aromatic rings. The highest BCUT2D eigenvalue weighted by atomic mass is 16.5. The van der Waals surface area contributed by atoms with Gasteiger partial charge in [-0.1, -0.05) is 18.2 Å². The molecule has 0 aliphatic carbocycles. The van der Waals surface area contributed by atoms with E-state index in [1.165, 1.54) is 0 Å².